The number of sulfonamides is 1. The molecule has 1 amide bonds. The Morgan fingerprint density at radius 1 is 0.923 bits per heavy atom. The molecule has 0 unspecified atom stereocenters. The second kappa shape index (κ2) is 8.50. The molecule has 0 N–H and O–H groups in total. The minimum absolute atomic E-state index is 0.175. The molecule has 6 nitrogen and oxygen atoms in total. The summed E-state index contributed by atoms with van der Waals surface area (Å²) in [6, 6.07) is 7.17. The Morgan fingerprint density at radius 2 is 1.62 bits per heavy atom. The number of nitrogens with zero attached hydrogens (tertiary/aromatic N) is 3. The van der Waals surface area contributed by atoms with Crippen molar-refractivity contribution in [1.29, 1.82) is 0 Å². The van der Waals surface area contributed by atoms with Crippen molar-refractivity contribution in [3.8, 4) is 0 Å². The standard InChI is InChI=1S/C19H29N3O3S/c1-2-17-6-8-18(9-7-17)26(24,25)22-13-5-10-20(14-15-22)16-19(23)21-11-3-4-12-21/h6-9H,2-5,10-16H2,1H3. The molecule has 0 aromatic heterocycles. The molecule has 1 aromatic rings. The molecule has 7 heteroatoms. The third-order valence-electron chi connectivity index (χ3n) is 5.33. The number of benzene rings is 1. The summed E-state index contributed by atoms with van der Waals surface area (Å²) in [6.45, 7) is 6.49. The Hall–Kier alpha value is -1.44. The van der Waals surface area contributed by atoms with Crippen LogP contribution in [0.3, 0.4) is 0 Å². The number of hydrogen-bond acceptors (Lipinski definition) is 4. The summed E-state index contributed by atoms with van der Waals surface area (Å²) in [5, 5.41) is 0. The number of rotatable bonds is 5. The van der Waals surface area contributed by atoms with Gasteiger partial charge in [-0.1, -0.05) is 19.1 Å². The van der Waals surface area contributed by atoms with Gasteiger partial charge < -0.3 is 4.90 Å². The van der Waals surface area contributed by atoms with Crippen molar-refractivity contribution >= 4 is 15.9 Å². The van der Waals surface area contributed by atoms with Crippen LogP contribution in [0.15, 0.2) is 29.2 Å². The van der Waals surface area contributed by atoms with Gasteiger partial charge in [-0.2, -0.15) is 4.31 Å². The van der Waals surface area contributed by atoms with Crippen LogP contribution in [0.4, 0.5) is 0 Å². The van der Waals surface area contributed by atoms with Crippen LogP contribution in [0.2, 0.25) is 0 Å². The molecule has 0 spiro atoms. The van der Waals surface area contributed by atoms with Gasteiger partial charge in [0.15, 0.2) is 0 Å². The molecule has 0 aliphatic carbocycles. The summed E-state index contributed by atoms with van der Waals surface area (Å²) in [5.74, 6) is 0.175. The molecule has 0 radical (unpaired) electrons. The maximum atomic E-state index is 12.9. The zero-order valence-electron chi connectivity index (χ0n) is 15.6. The van der Waals surface area contributed by atoms with Gasteiger partial charge in [0.2, 0.25) is 15.9 Å². The van der Waals surface area contributed by atoms with Crippen LogP contribution in [0.1, 0.15) is 31.7 Å². The zero-order chi connectivity index (χ0) is 18.6. The van der Waals surface area contributed by atoms with Crippen molar-refractivity contribution in [1.82, 2.24) is 14.1 Å². The molecular formula is C19H29N3O3S. The number of hydrogen-bond donors (Lipinski definition) is 0. The predicted molar refractivity (Wildman–Crippen MR) is 101 cm³/mol. The van der Waals surface area contributed by atoms with Gasteiger partial charge in [-0.3, -0.25) is 9.69 Å². The summed E-state index contributed by atoms with van der Waals surface area (Å²) in [6.07, 6.45) is 3.83. The summed E-state index contributed by atoms with van der Waals surface area (Å²) >= 11 is 0. The lowest BCUT2D eigenvalue weighted by atomic mass is 10.2. The SMILES string of the molecule is CCc1ccc(S(=O)(=O)N2CCCN(CC(=O)N3CCCC3)CC2)cc1. The molecule has 144 valence electrons. The van der Waals surface area contributed by atoms with Crippen LogP contribution in [0, 0.1) is 0 Å². The first-order valence-electron chi connectivity index (χ1n) is 9.60. The highest BCUT2D eigenvalue weighted by Gasteiger charge is 2.28. The fourth-order valence-electron chi connectivity index (χ4n) is 3.65. The maximum Gasteiger partial charge on any atom is 0.243 e. The van der Waals surface area contributed by atoms with E-state index in [0.717, 1.165) is 50.9 Å². The number of carbonyl (C=O) groups excluding carboxylic acids is 1. The minimum atomic E-state index is -3.47. The first-order valence-corrected chi connectivity index (χ1v) is 11.0. The highest BCUT2D eigenvalue weighted by molar-refractivity contribution is 7.89. The molecule has 1 aromatic carbocycles. The molecule has 2 saturated heterocycles. The van der Waals surface area contributed by atoms with Crippen LogP contribution in [-0.4, -0.2) is 74.2 Å². The van der Waals surface area contributed by atoms with E-state index in [9.17, 15) is 13.2 Å². The van der Waals surface area contributed by atoms with Crippen LogP contribution in [-0.2, 0) is 21.2 Å². The van der Waals surface area contributed by atoms with Gasteiger partial charge in [0.1, 0.15) is 0 Å². The fourth-order valence-corrected chi connectivity index (χ4v) is 5.12. The lowest BCUT2D eigenvalue weighted by Gasteiger charge is -2.23. The predicted octanol–water partition coefficient (Wildman–Crippen LogP) is 1.57. The third-order valence-corrected chi connectivity index (χ3v) is 7.25. The molecular weight excluding hydrogens is 350 g/mol. The van der Waals surface area contributed by atoms with Gasteiger partial charge in [-0.05, 0) is 49.9 Å². The lowest BCUT2D eigenvalue weighted by molar-refractivity contribution is -0.131. The van der Waals surface area contributed by atoms with Gasteiger partial charge in [0.25, 0.3) is 0 Å². The first kappa shape index (κ1) is 19.3. The topological polar surface area (TPSA) is 60.9 Å². The van der Waals surface area contributed by atoms with E-state index in [2.05, 4.69) is 11.8 Å². The molecule has 3 rings (SSSR count). The molecule has 2 heterocycles. The summed E-state index contributed by atoms with van der Waals surface area (Å²) in [5.41, 5.74) is 1.13. The molecule has 2 fully saturated rings. The molecule has 0 saturated carbocycles. The summed E-state index contributed by atoms with van der Waals surface area (Å²) < 4.78 is 27.4. The van der Waals surface area contributed by atoms with E-state index < -0.39 is 10.0 Å². The Kier molecular flexibility index (Phi) is 6.32. The highest BCUT2D eigenvalue weighted by Crippen LogP contribution is 2.19. The van der Waals surface area contributed by atoms with Crippen LogP contribution >= 0.6 is 0 Å². The van der Waals surface area contributed by atoms with Gasteiger partial charge in [0, 0.05) is 32.7 Å². The Morgan fingerprint density at radius 3 is 2.27 bits per heavy atom. The van der Waals surface area contributed by atoms with Gasteiger partial charge in [-0.25, -0.2) is 8.42 Å². The largest absolute Gasteiger partial charge is 0.342 e. The smallest absolute Gasteiger partial charge is 0.243 e. The van der Waals surface area contributed by atoms with Crippen molar-refractivity contribution in [2.45, 2.75) is 37.5 Å². The quantitative estimate of drug-likeness (QED) is 0.779. The molecule has 0 bridgehead atoms. The fraction of sp³-hybridized carbons (Fsp3) is 0.632. The van der Waals surface area contributed by atoms with Crippen molar-refractivity contribution < 1.29 is 13.2 Å². The van der Waals surface area contributed by atoms with E-state index in [-0.39, 0.29) is 5.91 Å². The number of carbonyl (C=O) groups is 1. The minimum Gasteiger partial charge on any atom is -0.342 e. The highest BCUT2D eigenvalue weighted by atomic mass is 32.2. The normalized spacial score (nSPS) is 20.3. The van der Waals surface area contributed by atoms with Gasteiger partial charge in [-0.15, -0.1) is 0 Å². The van der Waals surface area contributed by atoms with Gasteiger partial charge >= 0.3 is 0 Å². The van der Waals surface area contributed by atoms with Crippen LogP contribution in [0.25, 0.3) is 0 Å². The van der Waals surface area contributed by atoms with E-state index >= 15 is 0 Å². The second-order valence-electron chi connectivity index (χ2n) is 7.12. The van der Waals surface area contributed by atoms with E-state index in [1.807, 2.05) is 17.0 Å². The average Bonchev–Trinajstić information content (AvgIpc) is 3.09. The van der Waals surface area contributed by atoms with E-state index in [1.54, 1.807) is 16.4 Å². The number of likely N-dealkylation sites (tertiary alicyclic amines) is 1. The maximum absolute atomic E-state index is 12.9. The number of aryl methyl sites for hydroxylation is 1. The van der Waals surface area contributed by atoms with E-state index in [4.69, 9.17) is 0 Å². The lowest BCUT2D eigenvalue weighted by Crippen LogP contribution is -2.41. The van der Waals surface area contributed by atoms with Crippen molar-refractivity contribution in [2.24, 2.45) is 0 Å². The third kappa shape index (κ3) is 4.45. The van der Waals surface area contributed by atoms with Crippen LogP contribution < -0.4 is 0 Å². The summed E-state index contributed by atoms with van der Waals surface area (Å²) in [4.78, 5) is 16.7. The van der Waals surface area contributed by atoms with E-state index in [0.29, 0.717) is 31.1 Å². The average molecular weight is 380 g/mol. The second-order valence-corrected chi connectivity index (χ2v) is 9.06. The van der Waals surface area contributed by atoms with Crippen molar-refractivity contribution in [2.75, 3.05) is 45.8 Å². The molecule has 0 atom stereocenters. The number of amides is 1. The van der Waals surface area contributed by atoms with Crippen molar-refractivity contribution in [3.05, 3.63) is 29.8 Å². The Balaban J connectivity index is 1.60. The molecule has 2 aliphatic rings. The van der Waals surface area contributed by atoms with Gasteiger partial charge in [0.05, 0.1) is 11.4 Å². The monoisotopic (exact) mass is 379 g/mol. The zero-order valence-corrected chi connectivity index (χ0v) is 16.4. The summed E-state index contributed by atoms with van der Waals surface area (Å²) in [7, 11) is -3.47. The van der Waals surface area contributed by atoms with Crippen molar-refractivity contribution in [3.63, 3.8) is 0 Å². The van der Waals surface area contributed by atoms with Crippen LogP contribution in [0.5, 0.6) is 0 Å². The Bertz CT molecular complexity index is 712. The molecule has 26 heavy (non-hydrogen) atoms. The van der Waals surface area contributed by atoms with E-state index in [1.165, 1.54) is 0 Å². The first-order chi connectivity index (χ1) is 12.5. The Labute approximate surface area is 156 Å². The molecule has 2 aliphatic heterocycles.